The molecule has 152 valence electrons. The highest BCUT2D eigenvalue weighted by atomic mass is 127. The Morgan fingerprint density at radius 3 is 2.54 bits per heavy atom. The Hall–Kier alpha value is -2.36. The summed E-state index contributed by atoms with van der Waals surface area (Å²) >= 11 is 0. The summed E-state index contributed by atoms with van der Waals surface area (Å²) in [6, 6.07) is 11.8. The number of carbonyl (C=O) groups excluding carboxylic acids is 1. The molecule has 0 aliphatic heterocycles. The molecule has 0 saturated heterocycles. The third-order valence-corrected chi connectivity index (χ3v) is 3.84. The lowest BCUT2D eigenvalue weighted by Gasteiger charge is -2.12. The first kappa shape index (κ1) is 23.7. The zero-order valence-corrected chi connectivity index (χ0v) is 18.5. The molecular weight excluding hydrogens is 476 g/mol. The maximum Gasteiger partial charge on any atom is 0.341 e. The lowest BCUT2D eigenvalue weighted by Crippen LogP contribution is -2.37. The average Bonchev–Trinajstić information content (AvgIpc) is 2.70. The SMILES string of the molecule is CCNC(=NCc1ccc(OC)c(C(=O)OC)c1)NCc1ccccc1F.I. The summed E-state index contributed by atoms with van der Waals surface area (Å²) < 4.78 is 23.7. The molecule has 0 spiro atoms. The first-order chi connectivity index (χ1) is 13.1. The Bertz CT molecular complexity index is 815. The van der Waals surface area contributed by atoms with Crippen LogP contribution in [0, 0.1) is 5.82 Å². The zero-order chi connectivity index (χ0) is 19.6. The van der Waals surface area contributed by atoms with E-state index in [1.54, 1.807) is 30.3 Å². The van der Waals surface area contributed by atoms with Crippen molar-refractivity contribution in [3.05, 3.63) is 65.0 Å². The van der Waals surface area contributed by atoms with Gasteiger partial charge >= 0.3 is 5.97 Å². The van der Waals surface area contributed by atoms with E-state index in [1.165, 1.54) is 20.3 Å². The summed E-state index contributed by atoms with van der Waals surface area (Å²) in [5.74, 6) is 0.260. The van der Waals surface area contributed by atoms with Gasteiger partial charge in [0.1, 0.15) is 17.1 Å². The molecule has 0 aliphatic carbocycles. The standard InChI is InChI=1S/C20H24FN3O3.HI/c1-4-22-20(24-13-15-7-5-6-8-17(15)21)23-12-14-9-10-18(26-2)16(11-14)19(25)27-3;/h5-11H,4,12-13H2,1-3H3,(H2,22,23,24);1H. The number of aliphatic imine (C=N–C) groups is 1. The number of halogens is 2. The van der Waals surface area contributed by atoms with Crippen molar-refractivity contribution in [3.8, 4) is 5.75 Å². The van der Waals surface area contributed by atoms with E-state index in [1.807, 2.05) is 13.0 Å². The van der Waals surface area contributed by atoms with E-state index in [0.717, 1.165) is 5.56 Å². The van der Waals surface area contributed by atoms with Crippen LogP contribution < -0.4 is 15.4 Å². The summed E-state index contributed by atoms with van der Waals surface area (Å²) in [5.41, 5.74) is 1.72. The minimum absolute atomic E-state index is 0. The highest BCUT2D eigenvalue weighted by molar-refractivity contribution is 14.0. The summed E-state index contributed by atoms with van der Waals surface area (Å²) in [5, 5.41) is 6.22. The van der Waals surface area contributed by atoms with Crippen molar-refractivity contribution < 1.29 is 18.7 Å². The number of rotatable bonds is 7. The van der Waals surface area contributed by atoms with E-state index in [2.05, 4.69) is 15.6 Å². The van der Waals surface area contributed by atoms with Crippen LogP contribution in [0.15, 0.2) is 47.5 Å². The Balaban J connectivity index is 0.00000392. The number of esters is 1. The van der Waals surface area contributed by atoms with Gasteiger partial charge in [0.25, 0.3) is 0 Å². The first-order valence-electron chi connectivity index (χ1n) is 8.59. The predicted octanol–water partition coefficient (Wildman–Crippen LogP) is 3.49. The number of guanidine groups is 1. The Kier molecular flexibility index (Phi) is 10.3. The molecule has 2 aromatic carbocycles. The molecule has 0 bridgehead atoms. The van der Waals surface area contributed by atoms with Gasteiger partial charge in [0, 0.05) is 18.7 Å². The maximum atomic E-state index is 13.7. The second-order valence-electron chi connectivity index (χ2n) is 5.67. The van der Waals surface area contributed by atoms with E-state index in [4.69, 9.17) is 9.47 Å². The number of ether oxygens (including phenoxy) is 2. The van der Waals surface area contributed by atoms with Crippen LogP contribution in [0.3, 0.4) is 0 Å². The molecule has 2 N–H and O–H groups in total. The molecule has 0 unspecified atom stereocenters. The Labute approximate surface area is 181 Å². The quantitative estimate of drug-likeness (QED) is 0.263. The summed E-state index contributed by atoms with van der Waals surface area (Å²) in [7, 11) is 2.82. The minimum atomic E-state index is -0.470. The molecule has 28 heavy (non-hydrogen) atoms. The van der Waals surface area contributed by atoms with Crippen LogP contribution in [0.2, 0.25) is 0 Å². The van der Waals surface area contributed by atoms with Gasteiger partial charge in [-0.2, -0.15) is 0 Å². The van der Waals surface area contributed by atoms with Gasteiger partial charge in [-0.3, -0.25) is 0 Å². The molecule has 0 aromatic heterocycles. The number of nitrogens with zero attached hydrogens (tertiary/aromatic N) is 1. The number of carbonyl (C=O) groups is 1. The van der Waals surface area contributed by atoms with Crippen molar-refractivity contribution in [1.82, 2.24) is 10.6 Å². The second-order valence-corrected chi connectivity index (χ2v) is 5.67. The first-order valence-corrected chi connectivity index (χ1v) is 8.59. The Morgan fingerprint density at radius 2 is 1.89 bits per heavy atom. The number of benzene rings is 2. The van der Waals surface area contributed by atoms with Crippen LogP contribution >= 0.6 is 24.0 Å². The fraction of sp³-hybridized carbons (Fsp3) is 0.300. The van der Waals surface area contributed by atoms with Crippen LogP contribution in [0.1, 0.15) is 28.4 Å². The maximum absolute atomic E-state index is 13.7. The lowest BCUT2D eigenvalue weighted by molar-refractivity contribution is 0.0597. The molecule has 0 heterocycles. The van der Waals surface area contributed by atoms with Gasteiger partial charge in [-0.15, -0.1) is 24.0 Å². The number of hydrogen-bond donors (Lipinski definition) is 2. The summed E-state index contributed by atoms with van der Waals surface area (Å²) in [4.78, 5) is 16.4. The van der Waals surface area contributed by atoms with Crippen molar-refractivity contribution in [2.24, 2.45) is 4.99 Å². The molecule has 2 rings (SSSR count). The third-order valence-electron chi connectivity index (χ3n) is 3.84. The average molecular weight is 501 g/mol. The molecule has 8 heteroatoms. The Morgan fingerprint density at radius 1 is 1.14 bits per heavy atom. The summed E-state index contributed by atoms with van der Waals surface area (Å²) in [6.45, 7) is 3.26. The predicted molar refractivity (Wildman–Crippen MR) is 118 cm³/mol. The van der Waals surface area contributed by atoms with E-state index in [-0.39, 0.29) is 29.8 Å². The number of nitrogens with one attached hydrogen (secondary N) is 2. The number of hydrogen-bond acceptors (Lipinski definition) is 4. The van der Waals surface area contributed by atoms with Crippen molar-refractivity contribution >= 4 is 35.9 Å². The minimum Gasteiger partial charge on any atom is -0.496 e. The van der Waals surface area contributed by atoms with E-state index in [9.17, 15) is 9.18 Å². The molecule has 0 amide bonds. The molecule has 0 saturated carbocycles. The zero-order valence-electron chi connectivity index (χ0n) is 16.1. The second kappa shape index (κ2) is 12.2. The molecule has 2 aromatic rings. The molecule has 0 radical (unpaired) electrons. The van der Waals surface area contributed by atoms with E-state index in [0.29, 0.717) is 42.5 Å². The largest absolute Gasteiger partial charge is 0.496 e. The van der Waals surface area contributed by atoms with Gasteiger partial charge in [0.2, 0.25) is 0 Å². The summed E-state index contributed by atoms with van der Waals surface area (Å²) in [6.07, 6.45) is 0. The molecule has 6 nitrogen and oxygen atoms in total. The van der Waals surface area contributed by atoms with Crippen LogP contribution in [-0.4, -0.2) is 32.7 Å². The monoisotopic (exact) mass is 501 g/mol. The molecule has 0 aliphatic rings. The van der Waals surface area contributed by atoms with Crippen molar-refractivity contribution in [2.45, 2.75) is 20.0 Å². The fourth-order valence-electron chi connectivity index (χ4n) is 2.46. The van der Waals surface area contributed by atoms with Crippen molar-refractivity contribution in [1.29, 1.82) is 0 Å². The molecular formula is C20H25FIN3O3. The van der Waals surface area contributed by atoms with Gasteiger partial charge in [-0.25, -0.2) is 14.2 Å². The van der Waals surface area contributed by atoms with Gasteiger partial charge in [0.05, 0.1) is 20.8 Å². The van der Waals surface area contributed by atoms with Crippen LogP contribution in [0.25, 0.3) is 0 Å². The topological polar surface area (TPSA) is 72.0 Å². The molecule has 0 fully saturated rings. The van der Waals surface area contributed by atoms with Crippen molar-refractivity contribution in [3.63, 3.8) is 0 Å². The lowest BCUT2D eigenvalue weighted by atomic mass is 10.1. The third kappa shape index (κ3) is 6.66. The van der Waals surface area contributed by atoms with Crippen LogP contribution in [0.4, 0.5) is 4.39 Å². The highest BCUT2D eigenvalue weighted by Gasteiger charge is 2.13. The van der Waals surface area contributed by atoms with Gasteiger partial charge in [0.15, 0.2) is 5.96 Å². The van der Waals surface area contributed by atoms with Crippen LogP contribution in [-0.2, 0) is 17.8 Å². The van der Waals surface area contributed by atoms with Gasteiger partial charge in [-0.05, 0) is 30.7 Å². The van der Waals surface area contributed by atoms with Crippen molar-refractivity contribution in [2.75, 3.05) is 20.8 Å². The normalized spacial score (nSPS) is 10.6. The fourth-order valence-corrected chi connectivity index (χ4v) is 2.46. The highest BCUT2D eigenvalue weighted by Crippen LogP contribution is 2.21. The van der Waals surface area contributed by atoms with E-state index >= 15 is 0 Å². The number of methoxy groups -OCH3 is 2. The van der Waals surface area contributed by atoms with Gasteiger partial charge < -0.3 is 20.1 Å². The molecule has 0 atom stereocenters. The van der Waals surface area contributed by atoms with Crippen LogP contribution in [0.5, 0.6) is 5.75 Å². The van der Waals surface area contributed by atoms with E-state index < -0.39 is 5.97 Å². The smallest absolute Gasteiger partial charge is 0.341 e. The van der Waals surface area contributed by atoms with Gasteiger partial charge in [-0.1, -0.05) is 24.3 Å².